The number of ether oxygens (including phenoxy) is 1. The van der Waals surface area contributed by atoms with Gasteiger partial charge in [-0.25, -0.2) is 0 Å². The van der Waals surface area contributed by atoms with Crippen molar-refractivity contribution in [2.75, 3.05) is 6.61 Å². The maximum atomic E-state index is 5.66. The third-order valence-electron chi connectivity index (χ3n) is 2.34. The summed E-state index contributed by atoms with van der Waals surface area (Å²) in [6.07, 6.45) is 1.23. The van der Waals surface area contributed by atoms with Crippen LogP contribution in [0.1, 0.15) is 18.6 Å². The predicted octanol–water partition coefficient (Wildman–Crippen LogP) is 1.58. The third-order valence-corrected chi connectivity index (χ3v) is 2.34. The summed E-state index contributed by atoms with van der Waals surface area (Å²) in [5, 5.41) is 3.86. The molecule has 0 aliphatic rings. The van der Waals surface area contributed by atoms with Crippen LogP contribution in [-0.4, -0.2) is 22.8 Å². The molecule has 1 aromatic heterocycles. The molecule has 96 valence electrons. The van der Waals surface area contributed by atoms with Crippen molar-refractivity contribution in [1.29, 1.82) is 0 Å². The number of hydrogen-bond donors (Lipinski definition) is 1. The molecule has 0 aliphatic carbocycles. The standard InChI is InChI=1S/C13H17N3O2/c1-10(14)9-12-15-13(18-16-12)7-8-17-11-5-3-2-4-6-11/h2-6,10H,7-9,14H2,1H3. The summed E-state index contributed by atoms with van der Waals surface area (Å²) in [6, 6.07) is 9.68. The normalized spacial score (nSPS) is 12.3. The number of benzene rings is 1. The fourth-order valence-electron chi connectivity index (χ4n) is 1.54. The molecular weight excluding hydrogens is 230 g/mol. The average molecular weight is 247 g/mol. The molecule has 0 amide bonds. The van der Waals surface area contributed by atoms with Gasteiger partial charge in [0, 0.05) is 12.5 Å². The summed E-state index contributed by atoms with van der Waals surface area (Å²) in [4.78, 5) is 4.24. The van der Waals surface area contributed by atoms with Crippen LogP contribution in [0.5, 0.6) is 5.75 Å². The number of rotatable bonds is 6. The Labute approximate surface area is 106 Å². The molecule has 2 rings (SSSR count). The Morgan fingerprint density at radius 3 is 2.83 bits per heavy atom. The Hall–Kier alpha value is -1.88. The molecular formula is C13H17N3O2. The number of nitrogens with zero attached hydrogens (tertiary/aromatic N) is 2. The Kier molecular flexibility index (Phi) is 4.30. The highest BCUT2D eigenvalue weighted by atomic mass is 16.5. The molecule has 1 unspecified atom stereocenters. The fraction of sp³-hybridized carbons (Fsp3) is 0.385. The molecule has 2 aromatic rings. The Bertz CT molecular complexity index is 468. The van der Waals surface area contributed by atoms with Crippen molar-refractivity contribution in [3.8, 4) is 5.75 Å². The van der Waals surface area contributed by atoms with Crippen molar-refractivity contribution >= 4 is 0 Å². The zero-order valence-corrected chi connectivity index (χ0v) is 10.4. The highest BCUT2D eigenvalue weighted by Crippen LogP contribution is 2.09. The topological polar surface area (TPSA) is 74.2 Å². The lowest BCUT2D eigenvalue weighted by Gasteiger charge is -2.02. The summed E-state index contributed by atoms with van der Waals surface area (Å²) in [6.45, 7) is 2.43. The van der Waals surface area contributed by atoms with Gasteiger partial charge in [0.1, 0.15) is 5.75 Å². The van der Waals surface area contributed by atoms with Gasteiger partial charge in [-0.1, -0.05) is 23.4 Å². The first-order chi connectivity index (χ1) is 8.74. The van der Waals surface area contributed by atoms with Crippen LogP contribution in [0.25, 0.3) is 0 Å². The quantitative estimate of drug-likeness (QED) is 0.838. The molecule has 0 spiro atoms. The molecule has 0 fully saturated rings. The van der Waals surface area contributed by atoms with Gasteiger partial charge in [-0.3, -0.25) is 0 Å². The minimum absolute atomic E-state index is 0.0380. The Morgan fingerprint density at radius 2 is 2.11 bits per heavy atom. The monoisotopic (exact) mass is 247 g/mol. The van der Waals surface area contributed by atoms with E-state index >= 15 is 0 Å². The maximum Gasteiger partial charge on any atom is 0.230 e. The van der Waals surface area contributed by atoms with E-state index < -0.39 is 0 Å². The Morgan fingerprint density at radius 1 is 1.33 bits per heavy atom. The second kappa shape index (κ2) is 6.16. The van der Waals surface area contributed by atoms with E-state index in [2.05, 4.69) is 10.1 Å². The number of hydrogen-bond acceptors (Lipinski definition) is 5. The van der Waals surface area contributed by atoms with Gasteiger partial charge in [-0.05, 0) is 19.1 Å². The predicted molar refractivity (Wildman–Crippen MR) is 67.3 cm³/mol. The second-order valence-corrected chi connectivity index (χ2v) is 4.20. The molecule has 0 radical (unpaired) electrons. The van der Waals surface area contributed by atoms with Gasteiger partial charge in [0.25, 0.3) is 0 Å². The molecule has 2 N–H and O–H groups in total. The number of para-hydroxylation sites is 1. The summed E-state index contributed by atoms with van der Waals surface area (Å²) >= 11 is 0. The summed E-state index contributed by atoms with van der Waals surface area (Å²) in [7, 11) is 0. The van der Waals surface area contributed by atoms with Crippen molar-refractivity contribution in [1.82, 2.24) is 10.1 Å². The summed E-state index contributed by atoms with van der Waals surface area (Å²) < 4.78 is 10.7. The van der Waals surface area contributed by atoms with Crippen LogP contribution in [-0.2, 0) is 12.8 Å². The molecule has 1 aromatic carbocycles. The van der Waals surface area contributed by atoms with Gasteiger partial charge in [-0.2, -0.15) is 4.98 Å². The maximum absolute atomic E-state index is 5.66. The van der Waals surface area contributed by atoms with Gasteiger partial charge in [-0.15, -0.1) is 0 Å². The van der Waals surface area contributed by atoms with E-state index in [4.69, 9.17) is 15.0 Å². The molecule has 0 aliphatic heterocycles. The van der Waals surface area contributed by atoms with E-state index in [9.17, 15) is 0 Å². The minimum Gasteiger partial charge on any atom is -0.493 e. The third kappa shape index (κ3) is 3.85. The highest BCUT2D eigenvalue weighted by Gasteiger charge is 2.08. The minimum atomic E-state index is 0.0380. The molecule has 0 saturated carbocycles. The largest absolute Gasteiger partial charge is 0.493 e. The van der Waals surface area contributed by atoms with Crippen molar-refractivity contribution < 1.29 is 9.26 Å². The number of nitrogens with two attached hydrogens (primary N) is 1. The zero-order chi connectivity index (χ0) is 12.8. The van der Waals surface area contributed by atoms with E-state index in [1.165, 1.54) is 0 Å². The molecule has 5 nitrogen and oxygen atoms in total. The first-order valence-corrected chi connectivity index (χ1v) is 5.99. The summed E-state index contributed by atoms with van der Waals surface area (Å²) in [5.41, 5.74) is 5.66. The SMILES string of the molecule is CC(N)Cc1noc(CCOc2ccccc2)n1. The lowest BCUT2D eigenvalue weighted by Crippen LogP contribution is -2.18. The van der Waals surface area contributed by atoms with E-state index in [0.29, 0.717) is 31.2 Å². The van der Waals surface area contributed by atoms with E-state index in [1.54, 1.807) is 0 Å². The van der Waals surface area contributed by atoms with Crippen LogP contribution in [0.3, 0.4) is 0 Å². The fourth-order valence-corrected chi connectivity index (χ4v) is 1.54. The van der Waals surface area contributed by atoms with Crippen molar-refractivity contribution in [3.05, 3.63) is 42.0 Å². The average Bonchev–Trinajstić information content (AvgIpc) is 2.77. The van der Waals surface area contributed by atoms with Crippen LogP contribution in [0.2, 0.25) is 0 Å². The van der Waals surface area contributed by atoms with Gasteiger partial charge in [0.15, 0.2) is 5.82 Å². The van der Waals surface area contributed by atoms with E-state index in [0.717, 1.165) is 5.75 Å². The van der Waals surface area contributed by atoms with Crippen LogP contribution >= 0.6 is 0 Å². The molecule has 0 bridgehead atoms. The van der Waals surface area contributed by atoms with Gasteiger partial charge >= 0.3 is 0 Å². The van der Waals surface area contributed by atoms with Gasteiger partial charge in [0.2, 0.25) is 5.89 Å². The molecule has 18 heavy (non-hydrogen) atoms. The van der Waals surface area contributed by atoms with Crippen molar-refractivity contribution in [3.63, 3.8) is 0 Å². The molecule has 5 heteroatoms. The lowest BCUT2D eigenvalue weighted by molar-refractivity contribution is 0.292. The Balaban J connectivity index is 1.78. The lowest BCUT2D eigenvalue weighted by atomic mass is 10.2. The molecule has 1 heterocycles. The van der Waals surface area contributed by atoms with Crippen LogP contribution in [0.4, 0.5) is 0 Å². The summed E-state index contributed by atoms with van der Waals surface area (Å²) in [5.74, 6) is 2.08. The first kappa shape index (κ1) is 12.6. The van der Waals surface area contributed by atoms with Crippen LogP contribution < -0.4 is 10.5 Å². The molecule has 1 atom stereocenters. The smallest absolute Gasteiger partial charge is 0.230 e. The van der Waals surface area contributed by atoms with Crippen LogP contribution in [0, 0.1) is 0 Å². The van der Waals surface area contributed by atoms with Crippen molar-refractivity contribution in [2.24, 2.45) is 5.73 Å². The van der Waals surface area contributed by atoms with E-state index in [-0.39, 0.29) is 6.04 Å². The van der Waals surface area contributed by atoms with E-state index in [1.807, 2.05) is 37.3 Å². The van der Waals surface area contributed by atoms with Gasteiger partial charge < -0.3 is 15.0 Å². The number of aromatic nitrogens is 2. The molecule has 0 saturated heterocycles. The van der Waals surface area contributed by atoms with Gasteiger partial charge in [0.05, 0.1) is 13.0 Å². The first-order valence-electron chi connectivity index (χ1n) is 5.99. The second-order valence-electron chi connectivity index (χ2n) is 4.20. The zero-order valence-electron chi connectivity index (χ0n) is 10.4. The van der Waals surface area contributed by atoms with Crippen LogP contribution in [0.15, 0.2) is 34.9 Å². The highest BCUT2D eigenvalue weighted by molar-refractivity contribution is 5.20. The van der Waals surface area contributed by atoms with Crippen molar-refractivity contribution in [2.45, 2.75) is 25.8 Å².